The summed E-state index contributed by atoms with van der Waals surface area (Å²) in [5.74, 6) is -0.486. The summed E-state index contributed by atoms with van der Waals surface area (Å²) in [6.07, 6.45) is 1.61. The quantitative estimate of drug-likeness (QED) is 0.819. The monoisotopic (exact) mass is 374 g/mol. The first-order valence-corrected chi connectivity index (χ1v) is 6.66. The maximum absolute atomic E-state index is 13.8. The highest BCUT2D eigenvalue weighted by Gasteiger charge is 2.09. The van der Waals surface area contributed by atoms with Gasteiger partial charge in [0.05, 0.1) is 16.7 Å². The lowest BCUT2D eigenvalue weighted by atomic mass is 10.2. The van der Waals surface area contributed by atoms with Crippen molar-refractivity contribution in [2.24, 2.45) is 0 Å². The average molecular weight is 376 g/mol. The van der Waals surface area contributed by atoms with Crippen LogP contribution in [-0.4, -0.2) is 4.57 Å². The van der Waals surface area contributed by atoms with E-state index in [-0.39, 0.29) is 17.8 Å². The Kier molecular flexibility index (Phi) is 3.87. The molecule has 0 aliphatic heterocycles. The molecule has 1 aromatic heterocycles. The van der Waals surface area contributed by atoms with Gasteiger partial charge in [-0.25, -0.2) is 4.39 Å². The molecule has 0 unspecified atom stereocenters. The molecule has 3 nitrogen and oxygen atoms in total. The van der Waals surface area contributed by atoms with Crippen LogP contribution in [0.4, 0.5) is 10.1 Å². The first-order valence-electron chi connectivity index (χ1n) is 5.07. The third-order valence-corrected chi connectivity index (χ3v) is 3.46. The average Bonchev–Trinajstić information content (AvgIpc) is 2.31. The molecule has 2 rings (SSSR count). The molecule has 0 radical (unpaired) electrons. The topological polar surface area (TPSA) is 48.0 Å². The van der Waals surface area contributed by atoms with Gasteiger partial charge in [0.25, 0.3) is 5.56 Å². The molecule has 0 amide bonds. The molecule has 0 atom stereocenters. The molecule has 94 valence electrons. The van der Waals surface area contributed by atoms with Gasteiger partial charge in [0.15, 0.2) is 5.82 Å². The van der Waals surface area contributed by atoms with Gasteiger partial charge >= 0.3 is 0 Å². The summed E-state index contributed by atoms with van der Waals surface area (Å²) in [4.78, 5) is 11.9. The minimum absolute atomic E-state index is 0.0783. The number of pyridine rings is 1. The third kappa shape index (κ3) is 2.64. The van der Waals surface area contributed by atoms with Crippen LogP contribution in [0.25, 0.3) is 0 Å². The van der Waals surface area contributed by atoms with Crippen LogP contribution in [0, 0.1) is 5.82 Å². The van der Waals surface area contributed by atoms with Crippen LogP contribution in [-0.2, 0) is 6.54 Å². The third-order valence-electron chi connectivity index (χ3n) is 2.46. The molecule has 0 saturated carbocycles. The molecule has 2 N–H and O–H groups in total. The fourth-order valence-electron chi connectivity index (χ4n) is 1.59. The van der Waals surface area contributed by atoms with Crippen molar-refractivity contribution in [1.82, 2.24) is 4.57 Å². The van der Waals surface area contributed by atoms with Crippen molar-refractivity contribution in [2.45, 2.75) is 6.54 Å². The first kappa shape index (κ1) is 13.3. The summed E-state index contributed by atoms with van der Waals surface area (Å²) in [5.41, 5.74) is 5.72. The summed E-state index contributed by atoms with van der Waals surface area (Å²) in [5, 5.41) is 0. The molecule has 6 heteroatoms. The zero-order valence-corrected chi connectivity index (χ0v) is 12.3. The zero-order chi connectivity index (χ0) is 13.3. The van der Waals surface area contributed by atoms with E-state index >= 15 is 0 Å². The van der Waals surface area contributed by atoms with E-state index in [1.54, 1.807) is 24.4 Å². The fraction of sp³-hybridized carbons (Fsp3) is 0.0833. The maximum Gasteiger partial charge on any atom is 0.265 e. The lowest BCUT2D eigenvalue weighted by molar-refractivity contribution is 0.600. The number of anilines is 1. The van der Waals surface area contributed by atoms with Gasteiger partial charge in [-0.15, -0.1) is 0 Å². The van der Waals surface area contributed by atoms with Gasteiger partial charge in [0.1, 0.15) is 0 Å². The van der Waals surface area contributed by atoms with E-state index in [9.17, 15) is 9.18 Å². The van der Waals surface area contributed by atoms with E-state index in [0.29, 0.717) is 10.0 Å². The van der Waals surface area contributed by atoms with Crippen molar-refractivity contribution in [3.8, 4) is 0 Å². The molecule has 0 bridgehead atoms. The van der Waals surface area contributed by atoms with Gasteiger partial charge in [-0.2, -0.15) is 0 Å². The molecule has 1 heterocycles. The van der Waals surface area contributed by atoms with Crippen LogP contribution in [0.5, 0.6) is 0 Å². The van der Waals surface area contributed by atoms with Crippen molar-refractivity contribution in [1.29, 1.82) is 0 Å². The Bertz CT molecular complexity index is 655. The van der Waals surface area contributed by atoms with Crippen molar-refractivity contribution >= 4 is 37.5 Å². The summed E-state index contributed by atoms with van der Waals surface area (Å²) >= 11 is 6.45. The van der Waals surface area contributed by atoms with Crippen LogP contribution in [0.3, 0.4) is 0 Å². The van der Waals surface area contributed by atoms with Crippen LogP contribution in [0.15, 0.2) is 44.2 Å². The lowest BCUT2D eigenvalue weighted by Gasteiger charge is -2.09. The molecular weight excluding hydrogens is 367 g/mol. The Hall–Kier alpha value is -1.14. The number of nitrogens with zero attached hydrogens (tertiary/aromatic N) is 1. The van der Waals surface area contributed by atoms with Gasteiger partial charge in [0.2, 0.25) is 0 Å². The minimum Gasteiger partial charge on any atom is -0.396 e. The predicted octanol–water partition coefficient (Wildman–Crippen LogP) is 3.14. The van der Waals surface area contributed by atoms with Crippen LogP contribution in [0.2, 0.25) is 0 Å². The highest BCUT2D eigenvalue weighted by atomic mass is 79.9. The number of aromatic nitrogens is 1. The van der Waals surface area contributed by atoms with E-state index in [1.165, 1.54) is 10.6 Å². The van der Waals surface area contributed by atoms with Crippen LogP contribution < -0.4 is 11.3 Å². The van der Waals surface area contributed by atoms with Crippen molar-refractivity contribution < 1.29 is 4.39 Å². The highest BCUT2D eigenvalue weighted by molar-refractivity contribution is 9.11. The number of rotatable bonds is 2. The second kappa shape index (κ2) is 5.24. The van der Waals surface area contributed by atoms with Crippen LogP contribution >= 0.6 is 31.9 Å². The Morgan fingerprint density at radius 3 is 2.78 bits per heavy atom. The van der Waals surface area contributed by atoms with Crippen molar-refractivity contribution in [3.05, 3.63) is 61.1 Å². The second-order valence-electron chi connectivity index (χ2n) is 3.76. The van der Waals surface area contributed by atoms with Gasteiger partial charge in [0, 0.05) is 16.2 Å². The molecule has 2 aromatic rings. The van der Waals surface area contributed by atoms with Gasteiger partial charge in [-0.3, -0.25) is 4.79 Å². The van der Waals surface area contributed by atoms with Crippen LogP contribution in [0.1, 0.15) is 5.56 Å². The molecule has 1 aromatic carbocycles. The smallest absolute Gasteiger partial charge is 0.265 e. The lowest BCUT2D eigenvalue weighted by Crippen LogP contribution is -2.21. The SMILES string of the molecule is Nc1cccc(Cn2cc(Br)cc(Br)c2=O)c1F. The van der Waals surface area contributed by atoms with Gasteiger partial charge in [-0.1, -0.05) is 12.1 Å². The maximum atomic E-state index is 13.8. The van der Waals surface area contributed by atoms with E-state index in [0.717, 1.165) is 4.47 Å². The molecule has 0 spiro atoms. The second-order valence-corrected chi connectivity index (χ2v) is 5.53. The summed E-state index contributed by atoms with van der Waals surface area (Å²) in [7, 11) is 0. The first-order chi connectivity index (χ1) is 8.49. The number of nitrogens with two attached hydrogens (primary N) is 1. The molecule has 0 saturated heterocycles. The Labute approximate surface area is 120 Å². The summed E-state index contributed by atoms with van der Waals surface area (Å²) in [6.45, 7) is 0.133. The van der Waals surface area contributed by atoms with E-state index < -0.39 is 5.82 Å². The Balaban J connectivity index is 2.46. The Morgan fingerprint density at radius 2 is 2.06 bits per heavy atom. The Morgan fingerprint density at radius 1 is 1.33 bits per heavy atom. The number of hydrogen-bond acceptors (Lipinski definition) is 2. The van der Waals surface area contributed by atoms with Crippen molar-refractivity contribution in [2.75, 3.05) is 5.73 Å². The summed E-state index contributed by atoms with van der Waals surface area (Å²) in [6, 6.07) is 6.39. The van der Waals surface area contributed by atoms with Gasteiger partial charge < -0.3 is 10.3 Å². The van der Waals surface area contributed by atoms with Crippen molar-refractivity contribution in [3.63, 3.8) is 0 Å². The number of nitrogen functional groups attached to an aromatic ring is 1. The molecular formula is C12H9Br2FN2O. The van der Waals surface area contributed by atoms with Gasteiger partial charge in [-0.05, 0) is 44.0 Å². The fourth-order valence-corrected chi connectivity index (χ4v) is 2.85. The van der Waals surface area contributed by atoms with E-state index in [2.05, 4.69) is 31.9 Å². The highest BCUT2D eigenvalue weighted by Crippen LogP contribution is 2.17. The largest absolute Gasteiger partial charge is 0.396 e. The number of benzene rings is 1. The number of hydrogen-bond donors (Lipinski definition) is 1. The minimum atomic E-state index is -0.486. The number of halogens is 3. The summed E-state index contributed by atoms with van der Waals surface area (Å²) < 4.78 is 16.3. The molecule has 0 fully saturated rings. The standard InChI is InChI=1S/C12H9Br2FN2O/c13-8-4-9(14)12(18)17(6-8)5-7-2-1-3-10(16)11(7)15/h1-4,6H,5,16H2. The molecule has 0 aliphatic rings. The normalized spacial score (nSPS) is 10.6. The zero-order valence-electron chi connectivity index (χ0n) is 9.16. The molecule has 0 aliphatic carbocycles. The molecule has 18 heavy (non-hydrogen) atoms. The van der Waals surface area contributed by atoms with E-state index in [1.807, 2.05) is 0 Å². The van der Waals surface area contributed by atoms with E-state index in [4.69, 9.17) is 5.73 Å². The predicted molar refractivity (Wildman–Crippen MR) is 76.0 cm³/mol.